The van der Waals surface area contributed by atoms with Gasteiger partial charge in [0.25, 0.3) is 5.91 Å². The van der Waals surface area contributed by atoms with Crippen molar-refractivity contribution in [1.29, 1.82) is 0 Å². The van der Waals surface area contributed by atoms with Gasteiger partial charge >= 0.3 is 0 Å². The molecular weight excluding hydrogens is 371 g/mol. The topological polar surface area (TPSA) is 58.6 Å². The molecule has 29 heavy (non-hydrogen) atoms. The van der Waals surface area contributed by atoms with Crippen molar-refractivity contribution >= 4 is 11.7 Å². The number of hydrogen-bond acceptors (Lipinski definition) is 4. The van der Waals surface area contributed by atoms with E-state index in [1.165, 1.54) is 24.6 Å². The molecule has 1 aliphatic heterocycles. The number of amides is 1. The van der Waals surface area contributed by atoms with Gasteiger partial charge < -0.3 is 10.1 Å². The van der Waals surface area contributed by atoms with Gasteiger partial charge in [0.05, 0.1) is 17.8 Å². The van der Waals surface area contributed by atoms with Gasteiger partial charge in [-0.1, -0.05) is 30.3 Å². The second kappa shape index (κ2) is 9.29. The number of benzene rings is 2. The van der Waals surface area contributed by atoms with Crippen molar-refractivity contribution in [3.63, 3.8) is 0 Å². The first kappa shape index (κ1) is 21.1. The van der Waals surface area contributed by atoms with E-state index < -0.39 is 11.7 Å². The van der Waals surface area contributed by atoms with Crippen LogP contribution in [0.1, 0.15) is 52.6 Å². The van der Waals surface area contributed by atoms with Crippen molar-refractivity contribution in [2.45, 2.75) is 46.1 Å². The summed E-state index contributed by atoms with van der Waals surface area (Å²) in [6.45, 7) is 8.53. The van der Waals surface area contributed by atoms with E-state index in [2.05, 4.69) is 36.2 Å². The van der Waals surface area contributed by atoms with Crippen LogP contribution >= 0.6 is 0 Å². The maximum absolute atomic E-state index is 14.1. The van der Waals surface area contributed by atoms with Crippen molar-refractivity contribution in [2.75, 3.05) is 13.1 Å². The van der Waals surface area contributed by atoms with E-state index in [1.807, 2.05) is 12.1 Å². The molecule has 0 aromatic heterocycles. The summed E-state index contributed by atoms with van der Waals surface area (Å²) in [4.78, 5) is 25.9. The fourth-order valence-corrected chi connectivity index (χ4v) is 3.63. The second-order valence-electron chi connectivity index (χ2n) is 7.70. The van der Waals surface area contributed by atoms with Gasteiger partial charge in [-0.3, -0.25) is 14.5 Å². The number of nitrogens with one attached hydrogen (secondary N) is 1. The molecule has 0 aliphatic carbocycles. The van der Waals surface area contributed by atoms with Crippen molar-refractivity contribution in [1.82, 2.24) is 10.2 Å². The number of carbonyl (C=O) groups excluding carboxylic acids is 2. The lowest BCUT2D eigenvalue weighted by Crippen LogP contribution is -2.44. The van der Waals surface area contributed by atoms with Crippen molar-refractivity contribution in [2.24, 2.45) is 0 Å². The van der Waals surface area contributed by atoms with Crippen LogP contribution < -0.4 is 5.32 Å². The average molecular weight is 398 g/mol. The molecule has 1 amide bonds. The predicted octanol–water partition coefficient (Wildman–Crippen LogP) is 3.57. The minimum absolute atomic E-state index is 0.0674. The lowest BCUT2D eigenvalue weighted by Gasteiger charge is -2.35. The molecule has 1 saturated heterocycles. The minimum atomic E-state index is -0.695. The van der Waals surface area contributed by atoms with Crippen LogP contribution in [0, 0.1) is 5.82 Å². The SMILES string of the molecule is CC(=O)c1ccc(C(=O)NCc2ccc(CN3CC(C)OC(C)C3)cc2)c(F)c1. The highest BCUT2D eigenvalue weighted by atomic mass is 19.1. The molecule has 1 aliphatic rings. The number of nitrogens with zero attached hydrogens (tertiary/aromatic N) is 1. The molecule has 0 bridgehead atoms. The highest BCUT2D eigenvalue weighted by Gasteiger charge is 2.22. The van der Waals surface area contributed by atoms with Gasteiger partial charge in [0.15, 0.2) is 5.78 Å². The van der Waals surface area contributed by atoms with Gasteiger partial charge in [-0.2, -0.15) is 0 Å². The standard InChI is InChI=1S/C23H27FN2O3/c1-15-12-26(13-16(2)29-15)14-19-6-4-18(5-7-19)11-25-23(28)21-9-8-20(17(3)27)10-22(21)24/h4-10,15-16H,11-14H2,1-3H3,(H,25,28). The van der Waals surface area contributed by atoms with Gasteiger partial charge in [-0.25, -0.2) is 4.39 Å². The summed E-state index contributed by atoms with van der Waals surface area (Å²) in [6, 6.07) is 11.9. The molecule has 1 N–H and O–H groups in total. The molecule has 5 nitrogen and oxygen atoms in total. The lowest BCUT2D eigenvalue weighted by atomic mass is 10.1. The number of halogens is 1. The molecule has 2 atom stereocenters. The Morgan fingerprint density at radius 2 is 1.69 bits per heavy atom. The van der Waals surface area contributed by atoms with Crippen LogP contribution in [0.25, 0.3) is 0 Å². The van der Waals surface area contributed by atoms with E-state index in [4.69, 9.17) is 4.74 Å². The zero-order valence-electron chi connectivity index (χ0n) is 17.1. The number of morpholine rings is 1. The summed E-state index contributed by atoms with van der Waals surface area (Å²) < 4.78 is 19.9. The fraction of sp³-hybridized carbons (Fsp3) is 0.391. The maximum Gasteiger partial charge on any atom is 0.254 e. The molecule has 1 fully saturated rings. The Morgan fingerprint density at radius 1 is 1.07 bits per heavy atom. The van der Waals surface area contributed by atoms with Crippen molar-refractivity contribution in [3.05, 3.63) is 70.5 Å². The zero-order chi connectivity index (χ0) is 21.0. The van der Waals surface area contributed by atoms with Crippen LogP contribution in [0.4, 0.5) is 4.39 Å². The van der Waals surface area contributed by atoms with Crippen molar-refractivity contribution in [3.8, 4) is 0 Å². The van der Waals surface area contributed by atoms with E-state index in [-0.39, 0.29) is 29.1 Å². The number of Topliss-reactive ketones (excluding diaryl/α,β-unsaturated/α-hetero) is 1. The van der Waals surface area contributed by atoms with E-state index >= 15 is 0 Å². The van der Waals surface area contributed by atoms with Gasteiger partial charge in [0.1, 0.15) is 5.82 Å². The Balaban J connectivity index is 1.55. The lowest BCUT2D eigenvalue weighted by molar-refractivity contribution is -0.0704. The summed E-state index contributed by atoms with van der Waals surface area (Å²) in [6.07, 6.45) is 0.469. The molecule has 6 heteroatoms. The summed E-state index contributed by atoms with van der Waals surface area (Å²) in [7, 11) is 0. The van der Waals surface area contributed by atoms with Crippen LogP contribution in [-0.2, 0) is 17.8 Å². The molecule has 3 rings (SSSR count). The van der Waals surface area contributed by atoms with Crippen molar-refractivity contribution < 1.29 is 18.7 Å². The molecule has 154 valence electrons. The third kappa shape index (κ3) is 5.71. The minimum Gasteiger partial charge on any atom is -0.373 e. The van der Waals surface area contributed by atoms with Gasteiger partial charge in [-0.15, -0.1) is 0 Å². The zero-order valence-corrected chi connectivity index (χ0v) is 17.1. The summed E-state index contributed by atoms with van der Waals surface area (Å²) in [5.74, 6) is -1.44. The molecule has 1 heterocycles. The Hall–Kier alpha value is -2.57. The molecule has 2 aromatic rings. The summed E-state index contributed by atoms with van der Waals surface area (Å²) in [5, 5.41) is 2.73. The third-order valence-corrected chi connectivity index (χ3v) is 5.00. The molecular formula is C23H27FN2O3. The summed E-state index contributed by atoms with van der Waals surface area (Å²) >= 11 is 0. The smallest absolute Gasteiger partial charge is 0.254 e. The van der Waals surface area contributed by atoms with E-state index in [9.17, 15) is 14.0 Å². The van der Waals surface area contributed by atoms with Crippen LogP contribution in [0.5, 0.6) is 0 Å². The van der Waals surface area contributed by atoms with Crippen LogP contribution in [-0.4, -0.2) is 41.9 Å². The molecule has 0 radical (unpaired) electrons. The number of ketones is 1. The summed E-state index contributed by atoms with van der Waals surface area (Å²) in [5.41, 5.74) is 2.32. The largest absolute Gasteiger partial charge is 0.373 e. The third-order valence-electron chi connectivity index (χ3n) is 5.00. The first-order valence-corrected chi connectivity index (χ1v) is 9.86. The quantitative estimate of drug-likeness (QED) is 0.756. The van der Waals surface area contributed by atoms with Crippen LogP contribution in [0.15, 0.2) is 42.5 Å². The number of carbonyl (C=O) groups is 2. The molecule has 0 saturated carbocycles. The fourth-order valence-electron chi connectivity index (χ4n) is 3.63. The first-order valence-electron chi connectivity index (χ1n) is 9.86. The number of ether oxygens (including phenoxy) is 1. The molecule has 2 aromatic carbocycles. The predicted molar refractivity (Wildman–Crippen MR) is 109 cm³/mol. The van der Waals surface area contributed by atoms with Gasteiger partial charge in [0, 0.05) is 31.7 Å². The Morgan fingerprint density at radius 3 is 2.28 bits per heavy atom. The number of hydrogen-bond donors (Lipinski definition) is 1. The maximum atomic E-state index is 14.1. The molecule has 2 unspecified atom stereocenters. The van der Waals surface area contributed by atoms with E-state index in [0.717, 1.165) is 31.3 Å². The Bertz CT molecular complexity index is 872. The highest BCUT2D eigenvalue weighted by molar-refractivity contribution is 5.97. The Kier molecular flexibility index (Phi) is 6.77. The van der Waals surface area contributed by atoms with E-state index in [1.54, 1.807) is 0 Å². The highest BCUT2D eigenvalue weighted by Crippen LogP contribution is 2.15. The monoisotopic (exact) mass is 398 g/mol. The second-order valence-corrected chi connectivity index (χ2v) is 7.70. The first-order chi connectivity index (χ1) is 13.8. The van der Waals surface area contributed by atoms with Gasteiger partial charge in [0.2, 0.25) is 0 Å². The Labute approximate surface area is 170 Å². The normalized spacial score (nSPS) is 19.7. The average Bonchev–Trinajstić information content (AvgIpc) is 2.66. The van der Waals surface area contributed by atoms with E-state index in [0.29, 0.717) is 6.54 Å². The van der Waals surface area contributed by atoms with Crippen LogP contribution in [0.3, 0.4) is 0 Å². The van der Waals surface area contributed by atoms with Gasteiger partial charge in [-0.05, 0) is 44.0 Å². The number of rotatable bonds is 6. The molecule has 0 spiro atoms. The van der Waals surface area contributed by atoms with Crippen LogP contribution in [0.2, 0.25) is 0 Å².